The van der Waals surface area contributed by atoms with Crippen molar-refractivity contribution >= 4 is 19.9 Å². The lowest BCUT2D eigenvalue weighted by atomic mass is 10.2. The van der Waals surface area contributed by atoms with Crippen LogP contribution in [0.2, 0.25) is 0 Å². The van der Waals surface area contributed by atoms with Gasteiger partial charge in [-0.1, -0.05) is 25.9 Å². The highest BCUT2D eigenvalue weighted by molar-refractivity contribution is 7.95. The molecule has 0 spiro atoms. The predicted octanol–water partition coefficient (Wildman–Crippen LogP) is 0.532. The first-order chi connectivity index (χ1) is 10.2. The molecule has 22 heavy (non-hydrogen) atoms. The van der Waals surface area contributed by atoms with Crippen LogP contribution in [0.4, 0.5) is 0 Å². The predicted molar refractivity (Wildman–Crippen MR) is 80.4 cm³/mol. The number of sulfonamides is 1. The molecular formula is C12H21N3O5S2. The Morgan fingerprint density at radius 1 is 1.41 bits per heavy atom. The van der Waals surface area contributed by atoms with Crippen molar-refractivity contribution in [2.24, 2.45) is 0 Å². The van der Waals surface area contributed by atoms with Gasteiger partial charge < -0.3 is 4.52 Å². The van der Waals surface area contributed by atoms with Gasteiger partial charge in [0.2, 0.25) is 15.9 Å². The van der Waals surface area contributed by atoms with Gasteiger partial charge in [-0.2, -0.15) is 9.29 Å². The minimum atomic E-state index is -3.70. The molecule has 0 bridgehead atoms. The fraction of sp³-hybridized carbons (Fsp3) is 0.833. The standard InChI is InChI=1S/C12H21N3O5S2/c1-4-15(7-11-13-12(9(2)3)14-20-11)22(18,19)10-5-6-21(16,17)8-10/h9-10H,4-8H2,1-3H3. The number of hydrogen-bond donors (Lipinski definition) is 0. The van der Waals surface area contributed by atoms with E-state index in [0.29, 0.717) is 5.82 Å². The second kappa shape index (κ2) is 6.25. The SMILES string of the molecule is CCN(Cc1nc(C(C)C)no1)S(=O)(=O)C1CCS(=O)(=O)C1. The van der Waals surface area contributed by atoms with Gasteiger partial charge in [-0.15, -0.1) is 0 Å². The Hall–Kier alpha value is -1.00. The van der Waals surface area contributed by atoms with Crippen LogP contribution in [0.3, 0.4) is 0 Å². The highest BCUT2D eigenvalue weighted by atomic mass is 32.2. The van der Waals surface area contributed by atoms with E-state index in [0.717, 1.165) is 0 Å². The third-order valence-corrected chi connectivity index (χ3v) is 7.97. The van der Waals surface area contributed by atoms with E-state index in [1.165, 1.54) is 4.31 Å². The number of aromatic nitrogens is 2. The van der Waals surface area contributed by atoms with Crippen LogP contribution < -0.4 is 0 Å². The zero-order chi connectivity index (χ0) is 16.5. The first-order valence-electron chi connectivity index (χ1n) is 7.17. The average Bonchev–Trinajstić information content (AvgIpc) is 3.02. The van der Waals surface area contributed by atoms with Crippen molar-refractivity contribution in [2.75, 3.05) is 18.1 Å². The summed E-state index contributed by atoms with van der Waals surface area (Å²) in [5.74, 6) is 0.436. The molecule has 2 heterocycles. The van der Waals surface area contributed by atoms with Gasteiger partial charge in [0.1, 0.15) is 0 Å². The maximum Gasteiger partial charge on any atom is 0.241 e. The molecule has 1 atom stereocenters. The van der Waals surface area contributed by atoms with E-state index in [1.54, 1.807) is 6.92 Å². The van der Waals surface area contributed by atoms with Crippen molar-refractivity contribution in [3.05, 3.63) is 11.7 Å². The maximum absolute atomic E-state index is 12.6. The lowest BCUT2D eigenvalue weighted by molar-refractivity contribution is 0.317. The Morgan fingerprint density at radius 2 is 2.09 bits per heavy atom. The van der Waals surface area contributed by atoms with Crippen LogP contribution in [0.5, 0.6) is 0 Å². The summed E-state index contributed by atoms with van der Waals surface area (Å²) in [4.78, 5) is 4.16. The highest BCUT2D eigenvalue weighted by Gasteiger charge is 2.40. The molecule has 10 heteroatoms. The third kappa shape index (κ3) is 3.66. The quantitative estimate of drug-likeness (QED) is 0.735. The van der Waals surface area contributed by atoms with Crippen molar-refractivity contribution in [1.29, 1.82) is 0 Å². The van der Waals surface area contributed by atoms with Crippen LogP contribution in [0.1, 0.15) is 44.8 Å². The number of rotatable bonds is 6. The molecule has 1 saturated heterocycles. The molecular weight excluding hydrogens is 330 g/mol. The Labute approximate surface area is 130 Å². The molecule has 1 aliphatic rings. The average molecular weight is 351 g/mol. The topological polar surface area (TPSA) is 110 Å². The van der Waals surface area contributed by atoms with Crippen molar-refractivity contribution < 1.29 is 21.4 Å². The molecule has 0 amide bonds. The Morgan fingerprint density at radius 3 is 2.55 bits per heavy atom. The van der Waals surface area contributed by atoms with E-state index in [4.69, 9.17) is 4.52 Å². The minimum Gasteiger partial charge on any atom is -0.338 e. The summed E-state index contributed by atoms with van der Waals surface area (Å²) in [6.45, 7) is 5.70. The van der Waals surface area contributed by atoms with Gasteiger partial charge in [-0.05, 0) is 6.42 Å². The van der Waals surface area contributed by atoms with Gasteiger partial charge in [-0.3, -0.25) is 0 Å². The second-order valence-corrected chi connectivity index (χ2v) is 10.1. The Bertz CT molecular complexity index is 724. The normalized spacial score (nSPS) is 21.8. The molecule has 126 valence electrons. The summed E-state index contributed by atoms with van der Waals surface area (Å²) in [5.41, 5.74) is 0. The zero-order valence-electron chi connectivity index (χ0n) is 12.9. The molecule has 1 unspecified atom stereocenters. The maximum atomic E-state index is 12.6. The number of sulfone groups is 1. The molecule has 0 radical (unpaired) electrons. The third-order valence-electron chi connectivity index (χ3n) is 3.64. The van der Waals surface area contributed by atoms with Gasteiger partial charge in [0.15, 0.2) is 15.7 Å². The van der Waals surface area contributed by atoms with E-state index in [-0.39, 0.29) is 42.8 Å². The van der Waals surface area contributed by atoms with E-state index < -0.39 is 25.1 Å². The largest absolute Gasteiger partial charge is 0.338 e. The van der Waals surface area contributed by atoms with Crippen LogP contribution in [0, 0.1) is 0 Å². The minimum absolute atomic E-state index is 0.0326. The van der Waals surface area contributed by atoms with E-state index >= 15 is 0 Å². The zero-order valence-corrected chi connectivity index (χ0v) is 14.5. The molecule has 0 aromatic carbocycles. The van der Waals surface area contributed by atoms with Crippen LogP contribution in [-0.4, -0.2) is 54.6 Å². The van der Waals surface area contributed by atoms with Crippen LogP contribution in [0.15, 0.2) is 4.52 Å². The van der Waals surface area contributed by atoms with Crippen LogP contribution in [-0.2, 0) is 26.4 Å². The number of hydrogen-bond acceptors (Lipinski definition) is 7. The summed E-state index contributed by atoms with van der Waals surface area (Å²) in [5, 5.41) is 2.92. The van der Waals surface area contributed by atoms with E-state index in [1.807, 2.05) is 13.8 Å². The van der Waals surface area contributed by atoms with Crippen LogP contribution in [0.25, 0.3) is 0 Å². The van der Waals surface area contributed by atoms with Crippen molar-refractivity contribution in [2.45, 2.75) is 44.9 Å². The fourth-order valence-corrected chi connectivity index (χ4v) is 6.80. The molecule has 0 aliphatic carbocycles. The molecule has 1 fully saturated rings. The molecule has 1 aromatic rings. The first-order valence-corrected chi connectivity index (χ1v) is 10.5. The van der Waals surface area contributed by atoms with E-state index in [9.17, 15) is 16.8 Å². The lowest BCUT2D eigenvalue weighted by Crippen LogP contribution is -2.39. The molecule has 0 saturated carbocycles. The Balaban J connectivity index is 2.16. The van der Waals surface area contributed by atoms with Gasteiger partial charge in [0.25, 0.3) is 0 Å². The summed E-state index contributed by atoms with van der Waals surface area (Å²) < 4.78 is 54.4. The molecule has 1 aliphatic heterocycles. The molecule has 8 nitrogen and oxygen atoms in total. The van der Waals surface area contributed by atoms with Gasteiger partial charge in [0, 0.05) is 12.5 Å². The van der Waals surface area contributed by atoms with Crippen molar-refractivity contribution in [3.8, 4) is 0 Å². The lowest BCUT2D eigenvalue weighted by Gasteiger charge is -2.22. The van der Waals surface area contributed by atoms with Gasteiger partial charge >= 0.3 is 0 Å². The molecule has 1 aromatic heterocycles. The summed E-state index contributed by atoms with van der Waals surface area (Å²) in [6.07, 6.45) is 0.141. The number of nitrogens with zero attached hydrogens (tertiary/aromatic N) is 3. The van der Waals surface area contributed by atoms with Gasteiger partial charge in [0.05, 0.1) is 23.3 Å². The summed E-state index contributed by atoms with van der Waals surface area (Å²) in [7, 11) is -6.96. The van der Waals surface area contributed by atoms with Crippen LogP contribution >= 0.6 is 0 Å². The summed E-state index contributed by atoms with van der Waals surface area (Å²) in [6, 6.07) is 0. The monoisotopic (exact) mass is 351 g/mol. The fourth-order valence-electron chi connectivity index (χ4n) is 2.31. The smallest absolute Gasteiger partial charge is 0.241 e. The first kappa shape index (κ1) is 17.4. The van der Waals surface area contributed by atoms with Gasteiger partial charge in [-0.25, -0.2) is 16.8 Å². The van der Waals surface area contributed by atoms with Crippen molar-refractivity contribution in [1.82, 2.24) is 14.4 Å². The molecule has 2 rings (SSSR count). The van der Waals surface area contributed by atoms with E-state index in [2.05, 4.69) is 10.1 Å². The van der Waals surface area contributed by atoms with Crippen molar-refractivity contribution in [3.63, 3.8) is 0 Å². The molecule has 0 N–H and O–H groups in total. The highest BCUT2D eigenvalue weighted by Crippen LogP contribution is 2.23. The Kier molecular flexibility index (Phi) is 4.93. The summed E-state index contributed by atoms with van der Waals surface area (Å²) >= 11 is 0. The second-order valence-electron chi connectivity index (χ2n) is 5.70.